The molecule has 0 fully saturated rings. The summed E-state index contributed by atoms with van der Waals surface area (Å²) in [6.07, 6.45) is 1.52. The van der Waals surface area contributed by atoms with Crippen molar-refractivity contribution < 1.29 is 9.53 Å². The van der Waals surface area contributed by atoms with Crippen LogP contribution in [0.3, 0.4) is 0 Å². The molecule has 72 valence electrons. The van der Waals surface area contributed by atoms with Gasteiger partial charge >= 0.3 is 5.97 Å². The predicted molar refractivity (Wildman–Crippen MR) is 52.4 cm³/mol. The SMILES string of the molecule is COC(=O)Cc1ncc(C#N)cc1Br. The van der Waals surface area contributed by atoms with Gasteiger partial charge in [-0.25, -0.2) is 0 Å². The lowest BCUT2D eigenvalue weighted by molar-refractivity contribution is -0.139. The van der Waals surface area contributed by atoms with Gasteiger partial charge in [-0.3, -0.25) is 9.78 Å². The zero-order valence-corrected chi connectivity index (χ0v) is 9.04. The standard InChI is InChI=1S/C9H7BrN2O2/c1-14-9(13)3-8-7(10)2-6(4-11)5-12-8/h2,5H,3H2,1H3. The monoisotopic (exact) mass is 254 g/mol. The fraction of sp³-hybridized carbons (Fsp3) is 0.222. The number of methoxy groups -OCH3 is 1. The minimum absolute atomic E-state index is 0.1000. The van der Waals surface area contributed by atoms with Crippen LogP contribution in [-0.4, -0.2) is 18.1 Å². The van der Waals surface area contributed by atoms with Crippen LogP contribution in [0.15, 0.2) is 16.7 Å². The summed E-state index contributed by atoms with van der Waals surface area (Å²) in [5.41, 5.74) is 1.02. The number of pyridine rings is 1. The van der Waals surface area contributed by atoms with E-state index in [9.17, 15) is 4.79 Å². The first-order valence-electron chi connectivity index (χ1n) is 3.78. The van der Waals surface area contributed by atoms with Crippen LogP contribution in [0, 0.1) is 11.3 Å². The van der Waals surface area contributed by atoms with E-state index in [1.807, 2.05) is 6.07 Å². The van der Waals surface area contributed by atoms with Crippen molar-refractivity contribution in [3.8, 4) is 6.07 Å². The Morgan fingerprint density at radius 2 is 2.50 bits per heavy atom. The van der Waals surface area contributed by atoms with Crippen LogP contribution >= 0.6 is 15.9 Å². The molecule has 0 aliphatic rings. The fourth-order valence-electron chi connectivity index (χ4n) is 0.866. The minimum Gasteiger partial charge on any atom is -0.469 e. The lowest BCUT2D eigenvalue weighted by Crippen LogP contribution is -2.06. The molecule has 0 amide bonds. The normalized spacial score (nSPS) is 9.21. The number of esters is 1. The predicted octanol–water partition coefficient (Wildman–Crippen LogP) is 1.43. The number of ether oxygens (including phenoxy) is 1. The van der Waals surface area contributed by atoms with E-state index in [1.165, 1.54) is 13.3 Å². The molecule has 0 spiro atoms. The Hall–Kier alpha value is -1.41. The summed E-state index contributed by atoms with van der Waals surface area (Å²) >= 11 is 3.22. The van der Waals surface area contributed by atoms with Gasteiger partial charge in [0.2, 0.25) is 0 Å². The van der Waals surface area contributed by atoms with Crippen molar-refractivity contribution in [3.63, 3.8) is 0 Å². The number of halogens is 1. The Morgan fingerprint density at radius 1 is 1.79 bits per heavy atom. The maximum atomic E-state index is 10.9. The number of carbonyl (C=O) groups is 1. The van der Waals surface area contributed by atoms with E-state index in [-0.39, 0.29) is 12.4 Å². The third-order valence-electron chi connectivity index (χ3n) is 1.59. The first kappa shape index (κ1) is 10.7. The van der Waals surface area contributed by atoms with Gasteiger partial charge in [0.25, 0.3) is 0 Å². The fourth-order valence-corrected chi connectivity index (χ4v) is 1.36. The first-order chi connectivity index (χ1) is 6.67. The Morgan fingerprint density at radius 3 is 3.00 bits per heavy atom. The Balaban J connectivity index is 2.90. The lowest BCUT2D eigenvalue weighted by Gasteiger charge is -2.01. The molecule has 0 atom stereocenters. The highest BCUT2D eigenvalue weighted by atomic mass is 79.9. The molecule has 1 aromatic heterocycles. The molecule has 1 rings (SSSR count). The molecule has 0 aliphatic carbocycles. The molecular formula is C9H7BrN2O2. The van der Waals surface area contributed by atoms with Crippen molar-refractivity contribution in [2.75, 3.05) is 7.11 Å². The first-order valence-corrected chi connectivity index (χ1v) is 4.58. The minimum atomic E-state index is -0.358. The van der Waals surface area contributed by atoms with Crippen molar-refractivity contribution in [2.45, 2.75) is 6.42 Å². The van der Waals surface area contributed by atoms with E-state index < -0.39 is 0 Å². The molecule has 0 saturated heterocycles. The van der Waals surface area contributed by atoms with Crippen molar-refractivity contribution in [2.24, 2.45) is 0 Å². The van der Waals surface area contributed by atoms with Gasteiger partial charge in [-0.05, 0) is 22.0 Å². The highest BCUT2D eigenvalue weighted by molar-refractivity contribution is 9.10. The molecular weight excluding hydrogens is 248 g/mol. The lowest BCUT2D eigenvalue weighted by atomic mass is 10.2. The molecule has 1 aromatic rings. The molecule has 4 nitrogen and oxygen atoms in total. The molecule has 0 bridgehead atoms. The molecule has 0 N–H and O–H groups in total. The summed E-state index contributed by atoms with van der Waals surface area (Å²) in [7, 11) is 1.32. The zero-order chi connectivity index (χ0) is 10.6. The average Bonchev–Trinajstić information content (AvgIpc) is 2.20. The van der Waals surface area contributed by atoms with Crippen LogP contribution in [0.1, 0.15) is 11.3 Å². The van der Waals surface area contributed by atoms with E-state index in [1.54, 1.807) is 6.07 Å². The summed E-state index contributed by atoms with van der Waals surface area (Å²) in [6.45, 7) is 0. The second kappa shape index (κ2) is 4.72. The number of rotatable bonds is 2. The summed E-state index contributed by atoms with van der Waals surface area (Å²) in [6, 6.07) is 3.57. The smallest absolute Gasteiger partial charge is 0.311 e. The second-order valence-electron chi connectivity index (χ2n) is 2.52. The van der Waals surface area contributed by atoms with Crippen molar-refractivity contribution in [3.05, 3.63) is 28.0 Å². The quantitative estimate of drug-likeness (QED) is 0.750. The summed E-state index contributed by atoms with van der Waals surface area (Å²) in [5, 5.41) is 8.58. The average molecular weight is 255 g/mol. The Bertz CT molecular complexity index is 398. The molecule has 14 heavy (non-hydrogen) atoms. The van der Waals surface area contributed by atoms with E-state index in [0.717, 1.165) is 0 Å². The number of nitrogens with zero attached hydrogens (tertiary/aromatic N) is 2. The van der Waals surface area contributed by atoms with Crippen molar-refractivity contribution in [1.82, 2.24) is 4.98 Å². The van der Waals surface area contributed by atoms with E-state index in [2.05, 4.69) is 25.7 Å². The topological polar surface area (TPSA) is 63.0 Å². The van der Waals surface area contributed by atoms with Crippen molar-refractivity contribution >= 4 is 21.9 Å². The summed E-state index contributed by atoms with van der Waals surface area (Å²) < 4.78 is 5.14. The number of hydrogen-bond acceptors (Lipinski definition) is 4. The van der Waals surface area contributed by atoms with E-state index in [4.69, 9.17) is 5.26 Å². The van der Waals surface area contributed by atoms with Gasteiger partial charge in [-0.2, -0.15) is 5.26 Å². The Labute approximate surface area is 89.6 Å². The maximum absolute atomic E-state index is 10.9. The van der Waals surface area contributed by atoms with Crippen LogP contribution in [0.5, 0.6) is 0 Å². The third kappa shape index (κ3) is 2.54. The van der Waals surface area contributed by atoms with Gasteiger partial charge in [0.1, 0.15) is 6.07 Å². The number of aromatic nitrogens is 1. The van der Waals surface area contributed by atoms with Crippen LogP contribution in [0.4, 0.5) is 0 Å². The van der Waals surface area contributed by atoms with E-state index in [0.29, 0.717) is 15.7 Å². The highest BCUT2D eigenvalue weighted by Gasteiger charge is 2.08. The molecule has 0 unspecified atom stereocenters. The summed E-state index contributed by atoms with van der Waals surface area (Å²) in [4.78, 5) is 14.9. The van der Waals surface area contributed by atoms with Gasteiger partial charge in [0.05, 0.1) is 24.8 Å². The van der Waals surface area contributed by atoms with Gasteiger partial charge in [-0.15, -0.1) is 0 Å². The van der Waals surface area contributed by atoms with Gasteiger partial charge < -0.3 is 4.74 Å². The van der Waals surface area contributed by atoms with Gasteiger partial charge in [-0.1, -0.05) is 0 Å². The number of hydrogen-bond donors (Lipinski definition) is 0. The van der Waals surface area contributed by atoms with Crippen LogP contribution in [0.2, 0.25) is 0 Å². The molecule has 0 saturated carbocycles. The molecule has 0 aliphatic heterocycles. The molecule has 0 aromatic carbocycles. The summed E-state index contributed by atoms with van der Waals surface area (Å²) in [5.74, 6) is -0.358. The Kier molecular flexibility index (Phi) is 3.60. The highest BCUT2D eigenvalue weighted by Crippen LogP contribution is 2.16. The van der Waals surface area contributed by atoms with Gasteiger partial charge in [0.15, 0.2) is 0 Å². The van der Waals surface area contributed by atoms with Crippen LogP contribution in [-0.2, 0) is 16.0 Å². The zero-order valence-electron chi connectivity index (χ0n) is 7.45. The van der Waals surface area contributed by atoms with E-state index >= 15 is 0 Å². The maximum Gasteiger partial charge on any atom is 0.311 e. The second-order valence-corrected chi connectivity index (χ2v) is 3.37. The molecule has 0 radical (unpaired) electrons. The largest absolute Gasteiger partial charge is 0.469 e. The van der Waals surface area contributed by atoms with Gasteiger partial charge in [0, 0.05) is 10.7 Å². The van der Waals surface area contributed by atoms with Crippen molar-refractivity contribution in [1.29, 1.82) is 5.26 Å². The molecule has 5 heteroatoms. The number of nitriles is 1. The number of carbonyl (C=O) groups excluding carboxylic acids is 1. The van der Waals surface area contributed by atoms with Crippen LogP contribution in [0.25, 0.3) is 0 Å². The third-order valence-corrected chi connectivity index (χ3v) is 2.27. The van der Waals surface area contributed by atoms with Crippen LogP contribution < -0.4 is 0 Å². The molecule has 1 heterocycles.